The third-order valence-corrected chi connectivity index (χ3v) is 2.84. The summed E-state index contributed by atoms with van der Waals surface area (Å²) in [5, 5.41) is 0.869. The highest BCUT2D eigenvalue weighted by Gasteiger charge is 1.96. The van der Waals surface area contributed by atoms with Gasteiger partial charge in [-0.2, -0.15) is 0 Å². The monoisotopic (exact) mass is 277 g/mol. The van der Waals surface area contributed by atoms with Gasteiger partial charge in [0.25, 0.3) is 0 Å². The highest BCUT2D eigenvalue weighted by Crippen LogP contribution is 2.15. The van der Waals surface area contributed by atoms with Crippen LogP contribution in [0.2, 0.25) is 0 Å². The molecule has 82 valence electrons. The van der Waals surface area contributed by atoms with Crippen LogP contribution in [0.4, 0.5) is 0 Å². The Hall–Kier alpha value is -1.35. The lowest BCUT2D eigenvalue weighted by Gasteiger charge is -2.05. The molecule has 2 aromatic rings. The van der Waals surface area contributed by atoms with Crippen molar-refractivity contribution < 1.29 is 4.74 Å². The molecular weight excluding hydrogens is 266 g/mol. The number of benzene rings is 1. The van der Waals surface area contributed by atoms with E-state index in [0.29, 0.717) is 6.61 Å². The van der Waals surface area contributed by atoms with Crippen LogP contribution in [0.1, 0.15) is 11.3 Å². The Morgan fingerprint density at radius 3 is 2.50 bits per heavy atom. The summed E-state index contributed by atoms with van der Waals surface area (Å²) in [5.74, 6) is 0.871. The number of aromatic nitrogens is 1. The van der Waals surface area contributed by atoms with Gasteiger partial charge in [-0.15, -0.1) is 0 Å². The minimum Gasteiger partial charge on any atom is -0.487 e. The maximum absolute atomic E-state index is 5.61. The van der Waals surface area contributed by atoms with Crippen LogP contribution in [0.5, 0.6) is 5.75 Å². The zero-order valence-corrected chi connectivity index (χ0v) is 10.4. The van der Waals surface area contributed by atoms with Gasteiger partial charge in [0.1, 0.15) is 12.4 Å². The molecule has 0 bridgehead atoms. The topological polar surface area (TPSA) is 22.1 Å². The molecule has 2 nitrogen and oxygen atoms in total. The van der Waals surface area contributed by atoms with Crippen molar-refractivity contribution in [2.24, 2.45) is 0 Å². The summed E-state index contributed by atoms with van der Waals surface area (Å²) in [6.07, 6.45) is 1.77. The summed E-state index contributed by atoms with van der Waals surface area (Å²) in [4.78, 5) is 4.20. The highest BCUT2D eigenvalue weighted by atomic mass is 79.9. The Labute approximate surface area is 103 Å². The van der Waals surface area contributed by atoms with E-state index in [4.69, 9.17) is 4.74 Å². The van der Waals surface area contributed by atoms with Crippen molar-refractivity contribution >= 4 is 15.9 Å². The zero-order chi connectivity index (χ0) is 11.2. The number of ether oxygens (including phenoxy) is 1. The summed E-state index contributed by atoms with van der Waals surface area (Å²) < 4.78 is 5.61. The Morgan fingerprint density at radius 1 is 1.06 bits per heavy atom. The Balaban J connectivity index is 1.94. The van der Waals surface area contributed by atoms with Crippen molar-refractivity contribution in [3.63, 3.8) is 0 Å². The fourth-order valence-electron chi connectivity index (χ4n) is 1.32. The van der Waals surface area contributed by atoms with E-state index in [9.17, 15) is 0 Å². The molecule has 0 N–H and O–H groups in total. The number of hydrogen-bond acceptors (Lipinski definition) is 2. The number of halogens is 1. The Kier molecular flexibility index (Phi) is 3.94. The summed E-state index contributed by atoms with van der Waals surface area (Å²) in [5.41, 5.74) is 2.18. The fourth-order valence-corrected chi connectivity index (χ4v) is 1.69. The van der Waals surface area contributed by atoms with Crippen LogP contribution in [0.3, 0.4) is 0 Å². The average Bonchev–Trinajstić information content (AvgIpc) is 2.38. The van der Waals surface area contributed by atoms with Crippen LogP contribution in [-0.4, -0.2) is 4.98 Å². The first-order valence-corrected chi connectivity index (χ1v) is 6.18. The van der Waals surface area contributed by atoms with Gasteiger partial charge in [-0.25, -0.2) is 0 Å². The summed E-state index contributed by atoms with van der Waals surface area (Å²) >= 11 is 3.41. The summed E-state index contributed by atoms with van der Waals surface area (Å²) in [6, 6.07) is 13.8. The van der Waals surface area contributed by atoms with E-state index in [0.717, 1.165) is 16.8 Å². The predicted octanol–water partition coefficient (Wildman–Crippen LogP) is 3.56. The van der Waals surface area contributed by atoms with Crippen molar-refractivity contribution in [2.75, 3.05) is 0 Å². The molecular formula is C13H12BrNO. The molecule has 0 saturated heterocycles. The predicted molar refractivity (Wildman–Crippen MR) is 67.6 cm³/mol. The van der Waals surface area contributed by atoms with E-state index in [-0.39, 0.29) is 0 Å². The lowest BCUT2D eigenvalue weighted by molar-refractivity contribution is 0.301. The van der Waals surface area contributed by atoms with Gasteiger partial charge in [-0.3, -0.25) is 4.98 Å². The van der Waals surface area contributed by atoms with Crippen molar-refractivity contribution in [3.8, 4) is 5.75 Å². The second-order valence-corrected chi connectivity index (χ2v) is 3.95. The second kappa shape index (κ2) is 5.66. The van der Waals surface area contributed by atoms with Crippen molar-refractivity contribution in [1.29, 1.82) is 0 Å². The zero-order valence-electron chi connectivity index (χ0n) is 8.77. The number of rotatable bonds is 4. The van der Waals surface area contributed by atoms with E-state index in [1.165, 1.54) is 5.56 Å². The quantitative estimate of drug-likeness (QED) is 0.798. The minimum absolute atomic E-state index is 0.508. The SMILES string of the molecule is BrCc1ccc(OCc2ccccn2)cc1. The van der Waals surface area contributed by atoms with Gasteiger partial charge in [-0.05, 0) is 29.8 Å². The van der Waals surface area contributed by atoms with Crippen LogP contribution in [0.25, 0.3) is 0 Å². The maximum Gasteiger partial charge on any atom is 0.130 e. The van der Waals surface area contributed by atoms with Gasteiger partial charge < -0.3 is 4.74 Å². The molecule has 1 aromatic carbocycles. The molecule has 0 aliphatic rings. The van der Waals surface area contributed by atoms with Crippen LogP contribution in [0.15, 0.2) is 48.7 Å². The molecule has 0 unspecified atom stereocenters. The van der Waals surface area contributed by atoms with E-state index in [1.807, 2.05) is 42.5 Å². The first-order chi connectivity index (χ1) is 7.88. The molecule has 0 saturated carbocycles. The smallest absolute Gasteiger partial charge is 0.130 e. The molecule has 16 heavy (non-hydrogen) atoms. The number of pyridine rings is 1. The van der Waals surface area contributed by atoms with Gasteiger partial charge in [0.15, 0.2) is 0 Å². The largest absolute Gasteiger partial charge is 0.487 e. The lowest BCUT2D eigenvalue weighted by Crippen LogP contribution is -1.97. The number of alkyl halides is 1. The van der Waals surface area contributed by atoms with Gasteiger partial charge >= 0.3 is 0 Å². The van der Waals surface area contributed by atoms with Gasteiger partial charge in [-0.1, -0.05) is 34.1 Å². The molecule has 0 atom stereocenters. The van der Waals surface area contributed by atoms with Crippen LogP contribution in [-0.2, 0) is 11.9 Å². The molecule has 1 heterocycles. The van der Waals surface area contributed by atoms with Gasteiger partial charge in [0.05, 0.1) is 5.69 Å². The van der Waals surface area contributed by atoms with Crippen LogP contribution >= 0.6 is 15.9 Å². The second-order valence-electron chi connectivity index (χ2n) is 3.39. The normalized spacial score (nSPS) is 10.1. The van der Waals surface area contributed by atoms with E-state index in [2.05, 4.69) is 20.9 Å². The average molecular weight is 278 g/mol. The van der Waals surface area contributed by atoms with E-state index < -0.39 is 0 Å². The molecule has 0 spiro atoms. The molecule has 1 aromatic heterocycles. The number of nitrogens with zero attached hydrogens (tertiary/aromatic N) is 1. The maximum atomic E-state index is 5.61. The molecule has 0 aliphatic carbocycles. The van der Waals surface area contributed by atoms with E-state index >= 15 is 0 Å². The third kappa shape index (κ3) is 3.07. The molecule has 0 fully saturated rings. The number of hydrogen-bond donors (Lipinski definition) is 0. The van der Waals surface area contributed by atoms with Crippen molar-refractivity contribution in [3.05, 3.63) is 59.9 Å². The molecule has 0 amide bonds. The lowest BCUT2D eigenvalue weighted by atomic mass is 10.2. The first-order valence-electron chi connectivity index (χ1n) is 5.06. The van der Waals surface area contributed by atoms with Crippen LogP contribution in [0, 0.1) is 0 Å². The van der Waals surface area contributed by atoms with Crippen molar-refractivity contribution in [2.45, 2.75) is 11.9 Å². The Bertz CT molecular complexity index is 427. The highest BCUT2D eigenvalue weighted by molar-refractivity contribution is 9.08. The Morgan fingerprint density at radius 2 is 1.88 bits per heavy atom. The standard InChI is InChI=1S/C13H12BrNO/c14-9-11-4-6-13(7-5-11)16-10-12-3-1-2-8-15-12/h1-8H,9-10H2. The van der Waals surface area contributed by atoms with Crippen molar-refractivity contribution in [1.82, 2.24) is 4.98 Å². The molecule has 3 heteroatoms. The summed E-state index contributed by atoms with van der Waals surface area (Å²) in [7, 11) is 0. The van der Waals surface area contributed by atoms with Gasteiger partial charge in [0.2, 0.25) is 0 Å². The summed E-state index contributed by atoms with van der Waals surface area (Å²) in [6.45, 7) is 0.508. The van der Waals surface area contributed by atoms with Crippen LogP contribution < -0.4 is 4.74 Å². The fraction of sp³-hybridized carbons (Fsp3) is 0.154. The molecule has 0 aliphatic heterocycles. The molecule has 2 rings (SSSR count). The molecule has 0 radical (unpaired) electrons. The van der Waals surface area contributed by atoms with Gasteiger partial charge in [0, 0.05) is 11.5 Å². The third-order valence-electron chi connectivity index (χ3n) is 2.19. The minimum atomic E-state index is 0.508. The first kappa shape index (κ1) is 11.1. The van der Waals surface area contributed by atoms with E-state index in [1.54, 1.807) is 6.20 Å².